The van der Waals surface area contributed by atoms with Crippen LogP contribution < -0.4 is 11.1 Å². The molecule has 4 heteroatoms. The third-order valence-electron chi connectivity index (χ3n) is 4.53. The van der Waals surface area contributed by atoms with Gasteiger partial charge in [-0.3, -0.25) is 4.79 Å². The molecule has 0 aromatic carbocycles. The van der Waals surface area contributed by atoms with E-state index in [0.717, 1.165) is 38.7 Å². The Bertz CT molecular complexity index is 296. The van der Waals surface area contributed by atoms with Gasteiger partial charge in [0.2, 0.25) is 5.91 Å². The van der Waals surface area contributed by atoms with Gasteiger partial charge in [-0.1, -0.05) is 26.7 Å². The molecule has 1 saturated heterocycles. The number of nitrogens with two attached hydrogens (primary N) is 1. The Morgan fingerprint density at radius 1 is 1.50 bits per heavy atom. The van der Waals surface area contributed by atoms with E-state index in [1.807, 2.05) is 0 Å². The fourth-order valence-electron chi connectivity index (χ4n) is 3.18. The van der Waals surface area contributed by atoms with Gasteiger partial charge in [-0.25, -0.2) is 0 Å². The zero-order valence-corrected chi connectivity index (χ0v) is 11.5. The lowest BCUT2D eigenvalue weighted by molar-refractivity contribution is -0.130. The lowest BCUT2D eigenvalue weighted by Crippen LogP contribution is -2.69. The van der Waals surface area contributed by atoms with Crippen molar-refractivity contribution in [1.29, 1.82) is 0 Å². The number of amides is 1. The number of hydrogen-bond acceptors (Lipinski definition) is 3. The molecule has 1 aliphatic carbocycles. The average molecular weight is 254 g/mol. The third-order valence-corrected chi connectivity index (χ3v) is 4.53. The number of ether oxygens (including phenoxy) is 1. The third kappa shape index (κ3) is 2.54. The molecule has 1 aliphatic heterocycles. The number of hydrogen-bond donors (Lipinski definition) is 2. The highest BCUT2D eigenvalue weighted by Gasteiger charge is 2.52. The number of carbonyl (C=O) groups excluding carboxylic acids is 1. The highest BCUT2D eigenvalue weighted by molar-refractivity contribution is 5.79. The van der Waals surface area contributed by atoms with Crippen molar-refractivity contribution in [3.05, 3.63) is 0 Å². The Hall–Kier alpha value is -0.610. The topological polar surface area (TPSA) is 64.4 Å². The maximum Gasteiger partial charge on any atom is 0.223 e. The molecule has 0 bridgehead atoms. The molecule has 18 heavy (non-hydrogen) atoms. The summed E-state index contributed by atoms with van der Waals surface area (Å²) in [4.78, 5) is 12.2. The molecule has 1 saturated carbocycles. The fraction of sp³-hybridized carbons (Fsp3) is 0.929. The van der Waals surface area contributed by atoms with Crippen LogP contribution in [0.1, 0.15) is 46.0 Å². The van der Waals surface area contributed by atoms with Gasteiger partial charge in [-0.2, -0.15) is 0 Å². The molecule has 5 atom stereocenters. The largest absolute Gasteiger partial charge is 0.376 e. The first-order chi connectivity index (χ1) is 8.69. The van der Waals surface area contributed by atoms with Crippen LogP contribution in [0.4, 0.5) is 0 Å². The highest BCUT2D eigenvalue weighted by atomic mass is 16.5. The monoisotopic (exact) mass is 254 g/mol. The van der Waals surface area contributed by atoms with E-state index in [1.54, 1.807) is 0 Å². The molecule has 2 rings (SSSR count). The van der Waals surface area contributed by atoms with Gasteiger partial charge >= 0.3 is 0 Å². The van der Waals surface area contributed by atoms with Gasteiger partial charge in [0.05, 0.1) is 12.1 Å². The zero-order chi connectivity index (χ0) is 13.1. The van der Waals surface area contributed by atoms with E-state index in [-0.39, 0.29) is 30.0 Å². The van der Waals surface area contributed by atoms with Crippen molar-refractivity contribution in [2.45, 2.75) is 64.1 Å². The maximum absolute atomic E-state index is 12.2. The first kappa shape index (κ1) is 13.8. The molecule has 1 heterocycles. The smallest absolute Gasteiger partial charge is 0.223 e. The summed E-state index contributed by atoms with van der Waals surface area (Å²) in [5.74, 6) is 0.768. The van der Waals surface area contributed by atoms with Crippen LogP contribution in [0.2, 0.25) is 0 Å². The summed E-state index contributed by atoms with van der Waals surface area (Å²) in [6.45, 7) is 5.03. The Morgan fingerprint density at radius 3 is 2.94 bits per heavy atom. The van der Waals surface area contributed by atoms with Gasteiger partial charge in [0, 0.05) is 24.5 Å². The summed E-state index contributed by atoms with van der Waals surface area (Å²) < 4.78 is 5.64. The molecular formula is C14H26N2O2. The van der Waals surface area contributed by atoms with E-state index in [2.05, 4.69) is 19.2 Å². The second-order valence-corrected chi connectivity index (χ2v) is 5.65. The second kappa shape index (κ2) is 6.02. The first-order valence-corrected chi connectivity index (χ1v) is 7.36. The van der Waals surface area contributed by atoms with Crippen LogP contribution in [0, 0.1) is 11.8 Å². The predicted molar refractivity (Wildman–Crippen MR) is 71.1 cm³/mol. The van der Waals surface area contributed by atoms with Crippen molar-refractivity contribution < 1.29 is 9.53 Å². The van der Waals surface area contributed by atoms with Crippen molar-refractivity contribution in [2.24, 2.45) is 17.6 Å². The average Bonchev–Trinajstić information content (AvgIpc) is 2.81. The summed E-state index contributed by atoms with van der Waals surface area (Å²) in [7, 11) is 0. The number of unbranched alkanes of at least 4 members (excludes halogenated alkanes) is 1. The lowest BCUT2D eigenvalue weighted by atomic mass is 9.72. The zero-order valence-electron chi connectivity index (χ0n) is 11.5. The molecular weight excluding hydrogens is 228 g/mol. The minimum atomic E-state index is 0.0423. The Morgan fingerprint density at radius 2 is 2.28 bits per heavy atom. The normalized spacial score (nSPS) is 35.7. The van der Waals surface area contributed by atoms with Crippen LogP contribution in [-0.2, 0) is 9.53 Å². The molecule has 0 spiro atoms. The second-order valence-electron chi connectivity index (χ2n) is 5.65. The number of fused-ring (bicyclic) bond motifs is 1. The van der Waals surface area contributed by atoms with Crippen LogP contribution in [0.15, 0.2) is 0 Å². The predicted octanol–water partition coefficient (Wildman–Crippen LogP) is 1.43. The summed E-state index contributed by atoms with van der Waals surface area (Å²) in [5, 5.41) is 3.11. The molecule has 0 radical (unpaired) electrons. The van der Waals surface area contributed by atoms with E-state index >= 15 is 0 Å². The van der Waals surface area contributed by atoms with Gasteiger partial charge in [0.1, 0.15) is 0 Å². The van der Waals surface area contributed by atoms with Gasteiger partial charge in [-0.15, -0.1) is 0 Å². The molecule has 4 nitrogen and oxygen atoms in total. The minimum absolute atomic E-state index is 0.0423. The first-order valence-electron chi connectivity index (χ1n) is 7.36. The number of carbonyl (C=O) groups is 1. The fourth-order valence-corrected chi connectivity index (χ4v) is 3.18. The molecule has 1 amide bonds. The van der Waals surface area contributed by atoms with Gasteiger partial charge in [0.25, 0.3) is 0 Å². The van der Waals surface area contributed by atoms with Crippen LogP contribution >= 0.6 is 0 Å². The molecule has 2 aliphatic rings. The number of rotatable bonds is 6. The molecule has 5 unspecified atom stereocenters. The van der Waals surface area contributed by atoms with E-state index < -0.39 is 0 Å². The maximum atomic E-state index is 12.2. The van der Waals surface area contributed by atoms with E-state index in [1.165, 1.54) is 0 Å². The summed E-state index contributed by atoms with van der Waals surface area (Å²) in [6.07, 6.45) is 5.36. The van der Waals surface area contributed by atoms with Crippen LogP contribution in [0.25, 0.3) is 0 Å². The van der Waals surface area contributed by atoms with Gasteiger partial charge in [-0.05, 0) is 19.3 Å². The Balaban J connectivity index is 1.83. The van der Waals surface area contributed by atoms with Crippen LogP contribution in [0.5, 0.6) is 0 Å². The summed E-state index contributed by atoms with van der Waals surface area (Å²) in [5.41, 5.74) is 6.10. The SMILES string of the molecule is CCCCC(CC)C(=O)NC1C(N)C2CCOC21. The van der Waals surface area contributed by atoms with Crippen molar-refractivity contribution in [2.75, 3.05) is 6.61 Å². The van der Waals surface area contributed by atoms with Crippen LogP contribution in [-0.4, -0.2) is 30.7 Å². The van der Waals surface area contributed by atoms with E-state index in [4.69, 9.17) is 10.5 Å². The van der Waals surface area contributed by atoms with Crippen molar-refractivity contribution in [3.63, 3.8) is 0 Å². The molecule has 0 aromatic rings. The van der Waals surface area contributed by atoms with Crippen molar-refractivity contribution in [1.82, 2.24) is 5.32 Å². The molecule has 0 aromatic heterocycles. The van der Waals surface area contributed by atoms with Crippen molar-refractivity contribution in [3.8, 4) is 0 Å². The Labute approximate surface area is 110 Å². The minimum Gasteiger partial charge on any atom is -0.376 e. The summed E-state index contributed by atoms with van der Waals surface area (Å²) >= 11 is 0. The van der Waals surface area contributed by atoms with Gasteiger partial charge in [0.15, 0.2) is 0 Å². The van der Waals surface area contributed by atoms with E-state index in [9.17, 15) is 4.79 Å². The van der Waals surface area contributed by atoms with Gasteiger partial charge < -0.3 is 15.8 Å². The summed E-state index contributed by atoms with van der Waals surface area (Å²) in [6, 6.07) is 0.130. The van der Waals surface area contributed by atoms with Crippen LogP contribution in [0.3, 0.4) is 0 Å². The lowest BCUT2D eigenvalue weighted by Gasteiger charge is -2.46. The Kier molecular flexibility index (Phi) is 4.62. The highest BCUT2D eigenvalue weighted by Crippen LogP contribution is 2.37. The molecule has 104 valence electrons. The molecule has 2 fully saturated rings. The van der Waals surface area contributed by atoms with E-state index in [0.29, 0.717) is 5.92 Å². The molecule has 3 N–H and O–H groups in total. The quantitative estimate of drug-likeness (QED) is 0.753. The number of nitrogens with one attached hydrogen (secondary N) is 1. The standard InChI is InChI=1S/C14H26N2O2/c1-3-5-6-9(4-2)14(17)16-12-11(15)10-7-8-18-13(10)12/h9-13H,3-8,15H2,1-2H3,(H,16,17). The van der Waals surface area contributed by atoms with Crippen molar-refractivity contribution >= 4 is 5.91 Å².